The lowest BCUT2D eigenvalue weighted by Gasteiger charge is -2.33. The fourth-order valence-electron chi connectivity index (χ4n) is 2.01. The monoisotopic (exact) mass is 323 g/mol. The molecule has 0 aromatic heterocycles. The molecular formula is C11H12F3N3O3S. The molecule has 1 amide bonds. The van der Waals surface area contributed by atoms with Crippen molar-refractivity contribution in [1.82, 2.24) is 9.21 Å². The minimum atomic E-state index is -3.83. The topological polar surface area (TPSA) is 83.7 Å². The van der Waals surface area contributed by atoms with Crippen LogP contribution in [0.25, 0.3) is 0 Å². The predicted molar refractivity (Wildman–Crippen MR) is 66.9 cm³/mol. The molecule has 21 heavy (non-hydrogen) atoms. The normalized spacial score (nSPS) is 17.0. The number of nitrogens with two attached hydrogens (primary N) is 1. The standard InChI is InChI=1S/C11H12F3N3O3S/c12-8-5-7(6-9(13)10(8)14)11(18)16-1-3-17(4-2-16)21(15,19)20/h5-6H,1-4H2,(H2,15,19,20). The quantitative estimate of drug-likeness (QED) is 0.782. The molecule has 0 radical (unpaired) electrons. The fraction of sp³-hybridized carbons (Fsp3) is 0.364. The Kier molecular flexibility index (Phi) is 4.21. The number of piperazine rings is 1. The number of halogens is 3. The average molecular weight is 323 g/mol. The highest BCUT2D eigenvalue weighted by Gasteiger charge is 2.27. The van der Waals surface area contributed by atoms with Crippen LogP contribution < -0.4 is 5.14 Å². The summed E-state index contributed by atoms with van der Waals surface area (Å²) in [7, 11) is -3.83. The van der Waals surface area contributed by atoms with E-state index in [2.05, 4.69) is 0 Å². The molecule has 0 aliphatic carbocycles. The van der Waals surface area contributed by atoms with Gasteiger partial charge in [-0.15, -0.1) is 0 Å². The zero-order valence-corrected chi connectivity index (χ0v) is 11.5. The summed E-state index contributed by atoms with van der Waals surface area (Å²) in [4.78, 5) is 13.3. The van der Waals surface area contributed by atoms with Gasteiger partial charge in [0.1, 0.15) is 0 Å². The Bertz CT molecular complexity index is 650. The van der Waals surface area contributed by atoms with Gasteiger partial charge in [-0.05, 0) is 12.1 Å². The van der Waals surface area contributed by atoms with Gasteiger partial charge in [0.15, 0.2) is 17.5 Å². The molecule has 6 nitrogen and oxygen atoms in total. The van der Waals surface area contributed by atoms with Crippen molar-refractivity contribution < 1.29 is 26.4 Å². The van der Waals surface area contributed by atoms with Crippen molar-refractivity contribution >= 4 is 16.1 Å². The predicted octanol–water partition coefficient (Wildman–Crippen LogP) is 0.0652. The summed E-state index contributed by atoms with van der Waals surface area (Å²) >= 11 is 0. The summed E-state index contributed by atoms with van der Waals surface area (Å²) < 4.78 is 62.3. The van der Waals surface area contributed by atoms with Gasteiger partial charge in [0.25, 0.3) is 16.1 Å². The lowest BCUT2D eigenvalue weighted by molar-refractivity contribution is 0.0696. The summed E-state index contributed by atoms with van der Waals surface area (Å²) in [6.45, 7) is 0.0131. The van der Waals surface area contributed by atoms with Crippen LogP contribution in [0.4, 0.5) is 13.2 Å². The molecule has 1 aliphatic heterocycles. The zero-order chi connectivity index (χ0) is 15.8. The van der Waals surface area contributed by atoms with Crippen LogP contribution in [-0.2, 0) is 10.2 Å². The average Bonchev–Trinajstić information content (AvgIpc) is 2.42. The van der Waals surface area contributed by atoms with Crippen LogP contribution in [0.5, 0.6) is 0 Å². The van der Waals surface area contributed by atoms with Gasteiger partial charge in [-0.25, -0.2) is 18.3 Å². The Morgan fingerprint density at radius 3 is 1.95 bits per heavy atom. The van der Waals surface area contributed by atoms with Gasteiger partial charge in [0, 0.05) is 31.7 Å². The van der Waals surface area contributed by atoms with E-state index in [1.54, 1.807) is 0 Å². The highest BCUT2D eigenvalue weighted by atomic mass is 32.2. The molecule has 2 N–H and O–H groups in total. The maximum Gasteiger partial charge on any atom is 0.277 e. The Balaban J connectivity index is 2.13. The number of hydrogen-bond donors (Lipinski definition) is 1. The maximum atomic E-state index is 13.1. The molecule has 0 atom stereocenters. The lowest BCUT2D eigenvalue weighted by Crippen LogP contribution is -2.52. The first-order valence-corrected chi connectivity index (χ1v) is 7.42. The molecule has 0 bridgehead atoms. The van der Waals surface area contributed by atoms with Crippen molar-refractivity contribution in [2.45, 2.75) is 0 Å². The number of amides is 1. The molecule has 1 heterocycles. The molecule has 10 heteroatoms. The Hall–Kier alpha value is -1.65. The van der Waals surface area contributed by atoms with E-state index in [9.17, 15) is 26.4 Å². The fourth-order valence-corrected chi connectivity index (χ4v) is 2.68. The number of carbonyl (C=O) groups excluding carboxylic acids is 1. The summed E-state index contributed by atoms with van der Waals surface area (Å²) in [5, 5.41) is 4.95. The first-order chi connectivity index (χ1) is 9.70. The van der Waals surface area contributed by atoms with Crippen molar-refractivity contribution in [3.8, 4) is 0 Å². The molecule has 1 saturated heterocycles. The van der Waals surface area contributed by atoms with Gasteiger partial charge in [0.2, 0.25) is 0 Å². The number of rotatable bonds is 2. The Morgan fingerprint density at radius 1 is 1.05 bits per heavy atom. The zero-order valence-electron chi connectivity index (χ0n) is 10.7. The van der Waals surface area contributed by atoms with E-state index in [0.717, 1.165) is 4.31 Å². The first-order valence-electron chi connectivity index (χ1n) is 5.92. The van der Waals surface area contributed by atoms with Gasteiger partial charge in [-0.2, -0.15) is 12.7 Å². The van der Waals surface area contributed by atoms with E-state index >= 15 is 0 Å². The first kappa shape index (κ1) is 15.7. The van der Waals surface area contributed by atoms with Gasteiger partial charge < -0.3 is 4.90 Å². The van der Waals surface area contributed by atoms with E-state index in [-0.39, 0.29) is 31.7 Å². The largest absolute Gasteiger partial charge is 0.336 e. The van der Waals surface area contributed by atoms with Gasteiger partial charge in [-0.1, -0.05) is 0 Å². The molecule has 0 saturated carbocycles. The van der Waals surface area contributed by atoms with Crippen LogP contribution in [-0.4, -0.2) is 49.7 Å². The van der Waals surface area contributed by atoms with Crippen molar-refractivity contribution in [2.24, 2.45) is 5.14 Å². The minimum absolute atomic E-state index is 0.0171. The summed E-state index contributed by atoms with van der Waals surface area (Å²) in [5.74, 6) is -5.27. The van der Waals surface area contributed by atoms with Gasteiger partial charge in [-0.3, -0.25) is 4.79 Å². The van der Waals surface area contributed by atoms with E-state index in [4.69, 9.17) is 5.14 Å². The Labute approximate surface area is 119 Å². The van der Waals surface area contributed by atoms with Crippen LogP contribution >= 0.6 is 0 Å². The molecular weight excluding hydrogens is 311 g/mol. The number of benzene rings is 1. The number of nitrogens with zero attached hydrogens (tertiary/aromatic N) is 2. The van der Waals surface area contributed by atoms with Crippen molar-refractivity contribution in [3.63, 3.8) is 0 Å². The SMILES string of the molecule is NS(=O)(=O)N1CCN(C(=O)c2cc(F)c(F)c(F)c2)CC1. The lowest BCUT2D eigenvalue weighted by atomic mass is 10.1. The van der Waals surface area contributed by atoms with Crippen LogP contribution in [0, 0.1) is 17.5 Å². The number of carbonyl (C=O) groups is 1. The molecule has 2 rings (SSSR count). The Morgan fingerprint density at radius 2 is 1.52 bits per heavy atom. The van der Waals surface area contributed by atoms with E-state index in [1.165, 1.54) is 4.90 Å². The minimum Gasteiger partial charge on any atom is -0.336 e. The molecule has 1 aromatic carbocycles. The molecule has 0 spiro atoms. The molecule has 1 aliphatic rings. The highest BCUT2D eigenvalue weighted by molar-refractivity contribution is 7.86. The van der Waals surface area contributed by atoms with Crippen molar-refractivity contribution in [1.29, 1.82) is 0 Å². The maximum absolute atomic E-state index is 13.1. The van der Waals surface area contributed by atoms with Crippen LogP contribution in [0.3, 0.4) is 0 Å². The molecule has 1 fully saturated rings. The molecule has 0 unspecified atom stereocenters. The van der Waals surface area contributed by atoms with Gasteiger partial charge >= 0.3 is 0 Å². The third-order valence-corrected chi connectivity index (χ3v) is 4.20. The summed E-state index contributed by atoms with van der Waals surface area (Å²) in [6.07, 6.45) is 0. The molecule has 116 valence electrons. The smallest absolute Gasteiger partial charge is 0.277 e. The van der Waals surface area contributed by atoms with Gasteiger partial charge in [0.05, 0.1) is 0 Å². The second-order valence-electron chi connectivity index (χ2n) is 4.49. The van der Waals surface area contributed by atoms with Crippen LogP contribution in [0.15, 0.2) is 12.1 Å². The van der Waals surface area contributed by atoms with Crippen molar-refractivity contribution in [3.05, 3.63) is 35.1 Å². The third kappa shape index (κ3) is 3.34. The summed E-state index contributed by atoms with van der Waals surface area (Å²) in [5.41, 5.74) is -0.338. The number of hydrogen-bond acceptors (Lipinski definition) is 3. The summed E-state index contributed by atoms with van der Waals surface area (Å²) in [6, 6.07) is 1.21. The highest BCUT2D eigenvalue weighted by Crippen LogP contribution is 2.16. The van der Waals surface area contributed by atoms with Crippen molar-refractivity contribution in [2.75, 3.05) is 26.2 Å². The van der Waals surface area contributed by atoms with Crippen LogP contribution in [0.1, 0.15) is 10.4 Å². The van der Waals surface area contributed by atoms with E-state index in [0.29, 0.717) is 12.1 Å². The van der Waals surface area contributed by atoms with Crippen LogP contribution in [0.2, 0.25) is 0 Å². The third-order valence-electron chi connectivity index (χ3n) is 3.12. The second kappa shape index (κ2) is 5.62. The van der Waals surface area contributed by atoms with E-state index in [1.807, 2.05) is 0 Å². The van der Waals surface area contributed by atoms with E-state index < -0.39 is 33.6 Å². The second-order valence-corrected chi connectivity index (χ2v) is 6.04. The molecule has 1 aromatic rings.